The minimum Gasteiger partial charge on any atom is -0.421 e. The van der Waals surface area contributed by atoms with Crippen molar-refractivity contribution in [2.75, 3.05) is 19.6 Å². The molecular weight excluding hydrogens is 328 g/mol. The lowest BCUT2D eigenvalue weighted by Gasteiger charge is -2.15. The van der Waals surface area contributed by atoms with Gasteiger partial charge in [-0.05, 0) is 24.3 Å². The van der Waals surface area contributed by atoms with Crippen LogP contribution in [0.4, 0.5) is 0 Å². The van der Waals surface area contributed by atoms with E-state index in [4.69, 9.17) is 4.42 Å². The van der Waals surface area contributed by atoms with Crippen LogP contribution in [-0.2, 0) is 16.0 Å². The second kappa shape index (κ2) is 8.05. The van der Waals surface area contributed by atoms with Gasteiger partial charge in [-0.1, -0.05) is 0 Å². The van der Waals surface area contributed by atoms with Crippen molar-refractivity contribution in [1.82, 2.24) is 20.4 Å². The molecule has 3 rings (SSSR count). The van der Waals surface area contributed by atoms with Gasteiger partial charge >= 0.3 is 0 Å². The fourth-order valence-electron chi connectivity index (χ4n) is 2.60. The van der Waals surface area contributed by atoms with Crippen molar-refractivity contribution in [3.8, 4) is 11.5 Å². The molecule has 0 radical (unpaired) electrons. The summed E-state index contributed by atoms with van der Waals surface area (Å²) in [6.45, 7) is 2.06. The van der Waals surface area contributed by atoms with Crippen LogP contribution in [0.2, 0.25) is 0 Å². The molecule has 128 valence electrons. The quantitative estimate of drug-likeness (QED) is 0.825. The summed E-state index contributed by atoms with van der Waals surface area (Å²) in [6, 6.07) is 1.91. The summed E-state index contributed by atoms with van der Waals surface area (Å²) < 4.78 is 5.53. The first-order chi connectivity index (χ1) is 11.7. The summed E-state index contributed by atoms with van der Waals surface area (Å²) in [6.07, 6.45) is 3.17. The van der Waals surface area contributed by atoms with E-state index in [0.29, 0.717) is 31.2 Å². The van der Waals surface area contributed by atoms with Gasteiger partial charge in [0.25, 0.3) is 0 Å². The van der Waals surface area contributed by atoms with Gasteiger partial charge in [-0.25, -0.2) is 0 Å². The molecule has 1 aliphatic rings. The van der Waals surface area contributed by atoms with Gasteiger partial charge in [0.1, 0.15) is 0 Å². The maximum absolute atomic E-state index is 11.9. The van der Waals surface area contributed by atoms with Gasteiger partial charge in [0.2, 0.25) is 23.6 Å². The highest BCUT2D eigenvalue weighted by molar-refractivity contribution is 7.08. The molecule has 7 nitrogen and oxygen atoms in total. The topological polar surface area (TPSA) is 88.3 Å². The molecule has 2 aromatic heterocycles. The van der Waals surface area contributed by atoms with Crippen LogP contribution >= 0.6 is 11.3 Å². The number of aromatic nitrogens is 2. The zero-order chi connectivity index (χ0) is 16.8. The summed E-state index contributed by atoms with van der Waals surface area (Å²) in [4.78, 5) is 25.6. The third kappa shape index (κ3) is 4.41. The smallest absolute Gasteiger partial charge is 0.248 e. The zero-order valence-electron chi connectivity index (χ0n) is 13.4. The molecule has 1 saturated heterocycles. The Labute approximate surface area is 144 Å². The van der Waals surface area contributed by atoms with Crippen LogP contribution in [0.3, 0.4) is 0 Å². The summed E-state index contributed by atoms with van der Waals surface area (Å²) in [5.74, 6) is 0.923. The Hall–Kier alpha value is -2.22. The van der Waals surface area contributed by atoms with E-state index >= 15 is 0 Å². The number of hydrogen-bond acceptors (Lipinski definition) is 6. The van der Waals surface area contributed by atoms with Crippen molar-refractivity contribution < 1.29 is 14.0 Å². The molecular formula is C16H20N4O3S. The van der Waals surface area contributed by atoms with Crippen molar-refractivity contribution in [3.05, 3.63) is 22.7 Å². The molecule has 0 aliphatic carbocycles. The summed E-state index contributed by atoms with van der Waals surface area (Å²) >= 11 is 1.56. The first-order valence-corrected chi connectivity index (χ1v) is 9.06. The van der Waals surface area contributed by atoms with Gasteiger partial charge < -0.3 is 14.6 Å². The summed E-state index contributed by atoms with van der Waals surface area (Å²) in [5, 5.41) is 14.6. The molecule has 1 N–H and O–H groups in total. The lowest BCUT2D eigenvalue weighted by atomic mass is 10.3. The van der Waals surface area contributed by atoms with E-state index in [2.05, 4.69) is 15.5 Å². The molecule has 1 fully saturated rings. The Bertz CT molecular complexity index is 677. The van der Waals surface area contributed by atoms with Crippen LogP contribution in [0.15, 0.2) is 21.2 Å². The number of aryl methyl sites for hydroxylation is 1. The Morgan fingerprint density at radius 3 is 2.83 bits per heavy atom. The van der Waals surface area contributed by atoms with E-state index in [1.807, 2.05) is 21.7 Å². The molecule has 0 spiro atoms. The minimum absolute atomic E-state index is 0.112. The van der Waals surface area contributed by atoms with Crippen LogP contribution in [0.25, 0.3) is 11.5 Å². The van der Waals surface area contributed by atoms with E-state index in [-0.39, 0.29) is 18.2 Å². The second-order valence-electron chi connectivity index (χ2n) is 5.70. The highest BCUT2D eigenvalue weighted by Gasteiger charge is 2.17. The largest absolute Gasteiger partial charge is 0.421 e. The van der Waals surface area contributed by atoms with E-state index < -0.39 is 0 Å². The van der Waals surface area contributed by atoms with Gasteiger partial charge in [-0.2, -0.15) is 11.3 Å². The number of carbonyl (C=O) groups excluding carboxylic acids is 2. The molecule has 8 heteroatoms. The van der Waals surface area contributed by atoms with Gasteiger partial charge in [0.05, 0.1) is 0 Å². The van der Waals surface area contributed by atoms with Crippen molar-refractivity contribution in [2.24, 2.45) is 0 Å². The van der Waals surface area contributed by atoms with Crippen molar-refractivity contribution in [1.29, 1.82) is 0 Å². The molecule has 0 atom stereocenters. The maximum Gasteiger partial charge on any atom is 0.248 e. The Balaban J connectivity index is 1.36. The highest BCUT2D eigenvalue weighted by atomic mass is 32.1. The molecule has 0 saturated carbocycles. The molecule has 2 aromatic rings. The van der Waals surface area contributed by atoms with Gasteiger partial charge in [-0.15, -0.1) is 10.2 Å². The van der Waals surface area contributed by atoms with E-state index in [1.165, 1.54) is 0 Å². The number of hydrogen-bond donors (Lipinski definition) is 1. The number of thiophene rings is 1. The maximum atomic E-state index is 11.9. The summed E-state index contributed by atoms with van der Waals surface area (Å²) in [7, 11) is 0. The molecule has 1 aliphatic heterocycles. The monoisotopic (exact) mass is 348 g/mol. The van der Waals surface area contributed by atoms with Gasteiger partial charge in [0, 0.05) is 49.8 Å². The van der Waals surface area contributed by atoms with Crippen molar-refractivity contribution in [3.63, 3.8) is 0 Å². The number of rotatable bonds is 7. The number of nitrogens with zero attached hydrogens (tertiary/aromatic N) is 3. The highest BCUT2D eigenvalue weighted by Crippen LogP contribution is 2.20. The predicted octanol–water partition coefficient (Wildman–Crippen LogP) is 1.86. The van der Waals surface area contributed by atoms with Crippen LogP contribution in [0.1, 0.15) is 31.6 Å². The number of carbonyl (C=O) groups is 2. The second-order valence-corrected chi connectivity index (χ2v) is 6.48. The Kier molecular flexibility index (Phi) is 5.58. The third-order valence-corrected chi connectivity index (χ3v) is 4.60. The predicted molar refractivity (Wildman–Crippen MR) is 89.4 cm³/mol. The minimum atomic E-state index is -0.112. The Morgan fingerprint density at radius 2 is 2.08 bits per heavy atom. The standard InChI is InChI=1S/C16H20N4O3S/c21-13(17-7-5-15(22)20-8-1-2-9-20)3-4-14-18-19-16(23-14)12-6-10-24-11-12/h6,10-11H,1-5,7-9H2,(H,17,21). The Morgan fingerprint density at radius 1 is 1.25 bits per heavy atom. The fourth-order valence-corrected chi connectivity index (χ4v) is 3.23. The number of amides is 2. The molecule has 0 unspecified atom stereocenters. The molecule has 24 heavy (non-hydrogen) atoms. The van der Waals surface area contributed by atoms with E-state index in [1.54, 1.807) is 11.3 Å². The summed E-state index contributed by atoms with van der Waals surface area (Å²) in [5.41, 5.74) is 0.892. The van der Waals surface area contributed by atoms with Gasteiger partial charge in [-0.3, -0.25) is 9.59 Å². The van der Waals surface area contributed by atoms with Crippen LogP contribution in [0, 0.1) is 0 Å². The average molecular weight is 348 g/mol. The van der Waals surface area contributed by atoms with Crippen LogP contribution in [0.5, 0.6) is 0 Å². The third-order valence-electron chi connectivity index (χ3n) is 3.92. The van der Waals surface area contributed by atoms with E-state index in [0.717, 1.165) is 31.5 Å². The molecule has 0 aromatic carbocycles. The van der Waals surface area contributed by atoms with Crippen LogP contribution < -0.4 is 5.32 Å². The van der Waals surface area contributed by atoms with E-state index in [9.17, 15) is 9.59 Å². The molecule has 0 bridgehead atoms. The van der Waals surface area contributed by atoms with Crippen LogP contribution in [-0.4, -0.2) is 46.5 Å². The number of nitrogens with one attached hydrogen (secondary N) is 1. The molecule has 2 amide bonds. The average Bonchev–Trinajstić information content (AvgIpc) is 3.34. The van der Waals surface area contributed by atoms with Crippen molar-refractivity contribution in [2.45, 2.75) is 32.1 Å². The molecule has 3 heterocycles. The SMILES string of the molecule is O=C(CCc1nnc(-c2ccsc2)o1)NCCC(=O)N1CCCC1. The lowest BCUT2D eigenvalue weighted by molar-refractivity contribution is -0.130. The first kappa shape index (κ1) is 16.6. The van der Waals surface area contributed by atoms with Crippen molar-refractivity contribution >= 4 is 23.2 Å². The first-order valence-electron chi connectivity index (χ1n) is 8.12. The number of likely N-dealkylation sites (tertiary alicyclic amines) is 1. The fraction of sp³-hybridized carbons (Fsp3) is 0.500. The van der Waals surface area contributed by atoms with Gasteiger partial charge in [0.15, 0.2) is 0 Å². The zero-order valence-corrected chi connectivity index (χ0v) is 14.2. The lowest BCUT2D eigenvalue weighted by Crippen LogP contribution is -2.32. The normalized spacial score (nSPS) is 14.1.